The summed E-state index contributed by atoms with van der Waals surface area (Å²) in [5.41, 5.74) is 0.988. The topological polar surface area (TPSA) is 33.2 Å². The number of benzene rings is 2. The van der Waals surface area contributed by atoms with Crippen LogP contribution in [0.2, 0.25) is 0 Å². The second-order valence-corrected chi connectivity index (χ2v) is 5.74. The highest BCUT2D eigenvalue weighted by molar-refractivity contribution is 6.05. The Hall–Kier alpha value is -2.89. The first-order valence-corrected chi connectivity index (χ1v) is 7.61. The number of carbonyl (C=O) groups is 1. The monoisotopic (exact) mass is 344 g/mol. The second kappa shape index (κ2) is 6.55. The number of aromatic nitrogens is 1. The van der Waals surface area contributed by atoms with Gasteiger partial charge in [-0.05, 0) is 29.8 Å². The first-order valence-electron chi connectivity index (χ1n) is 7.61. The molecule has 0 N–H and O–H groups in total. The Kier molecular flexibility index (Phi) is 4.44. The highest BCUT2D eigenvalue weighted by Gasteiger charge is 2.30. The molecule has 1 amide bonds. The van der Waals surface area contributed by atoms with Gasteiger partial charge in [-0.15, -0.1) is 0 Å². The first kappa shape index (κ1) is 17.0. The summed E-state index contributed by atoms with van der Waals surface area (Å²) in [4.78, 5) is 18.4. The van der Waals surface area contributed by atoms with Gasteiger partial charge in [0, 0.05) is 25.2 Å². The fraction of sp³-hybridized carbons (Fsp3) is 0.158. The third-order valence-electron chi connectivity index (χ3n) is 3.91. The zero-order chi connectivity index (χ0) is 18.0. The summed E-state index contributed by atoms with van der Waals surface area (Å²) in [7, 11) is 1.61. The van der Waals surface area contributed by atoms with Crippen molar-refractivity contribution >= 4 is 16.8 Å². The van der Waals surface area contributed by atoms with Gasteiger partial charge in [-0.25, -0.2) is 0 Å². The second-order valence-electron chi connectivity index (χ2n) is 5.74. The standard InChI is InChI=1S/C19H15F3N2O/c1-24(12-13-7-9-15(10-8-13)19(20,21)22)18(25)16-6-2-4-14-5-3-11-23-17(14)16/h2-11H,12H2,1H3. The van der Waals surface area contributed by atoms with Gasteiger partial charge in [-0.3, -0.25) is 9.78 Å². The number of fused-ring (bicyclic) bond motifs is 1. The van der Waals surface area contributed by atoms with Crippen molar-refractivity contribution in [1.29, 1.82) is 0 Å². The molecule has 0 spiro atoms. The van der Waals surface area contributed by atoms with E-state index in [1.165, 1.54) is 17.0 Å². The van der Waals surface area contributed by atoms with E-state index in [0.29, 0.717) is 16.6 Å². The molecule has 3 rings (SSSR count). The number of pyridine rings is 1. The molecule has 2 aromatic carbocycles. The molecule has 0 unspecified atom stereocenters. The summed E-state index contributed by atoms with van der Waals surface area (Å²) in [6.07, 6.45) is -2.75. The normalized spacial score (nSPS) is 11.5. The van der Waals surface area contributed by atoms with E-state index in [1.54, 1.807) is 31.4 Å². The van der Waals surface area contributed by atoms with Crippen molar-refractivity contribution in [3.05, 3.63) is 77.5 Å². The lowest BCUT2D eigenvalue weighted by atomic mass is 10.1. The lowest BCUT2D eigenvalue weighted by Gasteiger charge is -2.18. The van der Waals surface area contributed by atoms with Crippen molar-refractivity contribution < 1.29 is 18.0 Å². The van der Waals surface area contributed by atoms with Gasteiger partial charge in [-0.2, -0.15) is 13.2 Å². The van der Waals surface area contributed by atoms with Crippen LogP contribution in [0.4, 0.5) is 13.2 Å². The number of hydrogen-bond donors (Lipinski definition) is 0. The number of nitrogens with zero attached hydrogens (tertiary/aromatic N) is 2. The van der Waals surface area contributed by atoms with Crippen LogP contribution in [0.15, 0.2) is 60.8 Å². The summed E-state index contributed by atoms with van der Waals surface area (Å²) >= 11 is 0. The highest BCUT2D eigenvalue weighted by Crippen LogP contribution is 2.29. The third-order valence-corrected chi connectivity index (χ3v) is 3.91. The molecule has 1 heterocycles. The average Bonchev–Trinajstić information content (AvgIpc) is 2.60. The molecule has 0 aliphatic rings. The summed E-state index contributed by atoms with van der Waals surface area (Å²) < 4.78 is 37.8. The van der Waals surface area contributed by atoms with Gasteiger partial charge in [0.2, 0.25) is 0 Å². The van der Waals surface area contributed by atoms with Crippen molar-refractivity contribution in [3.63, 3.8) is 0 Å². The molecule has 0 radical (unpaired) electrons. The Bertz CT molecular complexity index is 899. The Labute approximate surface area is 142 Å². The first-order chi connectivity index (χ1) is 11.9. The number of halogens is 3. The van der Waals surface area contributed by atoms with Crippen LogP contribution in [-0.2, 0) is 12.7 Å². The Morgan fingerprint density at radius 3 is 2.40 bits per heavy atom. The van der Waals surface area contributed by atoms with Crippen LogP contribution < -0.4 is 0 Å². The molecule has 3 aromatic rings. The van der Waals surface area contributed by atoms with E-state index < -0.39 is 11.7 Å². The molecular weight excluding hydrogens is 329 g/mol. The van der Waals surface area contributed by atoms with E-state index in [0.717, 1.165) is 17.5 Å². The molecule has 0 aliphatic carbocycles. The van der Waals surface area contributed by atoms with E-state index in [1.807, 2.05) is 12.1 Å². The van der Waals surface area contributed by atoms with Gasteiger partial charge < -0.3 is 4.90 Å². The molecule has 0 bridgehead atoms. The minimum atomic E-state index is -4.37. The molecule has 0 aliphatic heterocycles. The lowest BCUT2D eigenvalue weighted by Crippen LogP contribution is -2.26. The minimum absolute atomic E-state index is 0.209. The number of alkyl halides is 3. The molecule has 0 saturated carbocycles. The van der Waals surface area contributed by atoms with E-state index in [9.17, 15) is 18.0 Å². The van der Waals surface area contributed by atoms with E-state index in [4.69, 9.17) is 0 Å². The van der Waals surface area contributed by atoms with Crippen LogP contribution in [0.5, 0.6) is 0 Å². The summed E-state index contributed by atoms with van der Waals surface area (Å²) in [6, 6.07) is 13.8. The van der Waals surface area contributed by atoms with E-state index >= 15 is 0 Å². The SMILES string of the molecule is CN(Cc1ccc(C(F)(F)F)cc1)C(=O)c1cccc2cccnc12. The van der Waals surface area contributed by atoms with Crippen molar-refractivity contribution in [2.45, 2.75) is 12.7 Å². The van der Waals surface area contributed by atoms with Crippen molar-refractivity contribution in [1.82, 2.24) is 9.88 Å². The molecule has 6 heteroatoms. The molecule has 1 aromatic heterocycles. The Morgan fingerprint density at radius 2 is 1.72 bits per heavy atom. The molecule has 0 fully saturated rings. The summed E-state index contributed by atoms with van der Waals surface area (Å²) in [5.74, 6) is -0.232. The molecule has 25 heavy (non-hydrogen) atoms. The largest absolute Gasteiger partial charge is 0.416 e. The number of carbonyl (C=O) groups excluding carboxylic acids is 1. The molecule has 0 atom stereocenters. The zero-order valence-corrected chi connectivity index (χ0v) is 13.4. The van der Waals surface area contributed by atoms with Crippen molar-refractivity contribution in [2.75, 3.05) is 7.05 Å². The van der Waals surface area contributed by atoms with Gasteiger partial charge in [0.05, 0.1) is 16.6 Å². The van der Waals surface area contributed by atoms with E-state index in [2.05, 4.69) is 4.98 Å². The smallest absolute Gasteiger partial charge is 0.337 e. The maximum absolute atomic E-state index is 12.7. The highest BCUT2D eigenvalue weighted by atomic mass is 19.4. The van der Waals surface area contributed by atoms with Crippen LogP contribution in [-0.4, -0.2) is 22.8 Å². The fourth-order valence-corrected chi connectivity index (χ4v) is 2.63. The number of hydrogen-bond acceptors (Lipinski definition) is 2. The van der Waals surface area contributed by atoms with Gasteiger partial charge in [-0.1, -0.05) is 30.3 Å². The number of para-hydroxylation sites is 1. The van der Waals surface area contributed by atoms with Crippen LogP contribution in [0, 0.1) is 0 Å². The minimum Gasteiger partial charge on any atom is -0.337 e. The number of amides is 1. The van der Waals surface area contributed by atoms with Gasteiger partial charge in [0.25, 0.3) is 5.91 Å². The van der Waals surface area contributed by atoms with Crippen LogP contribution >= 0.6 is 0 Å². The maximum Gasteiger partial charge on any atom is 0.416 e. The predicted molar refractivity (Wildman–Crippen MR) is 89.0 cm³/mol. The van der Waals surface area contributed by atoms with Crippen LogP contribution in [0.3, 0.4) is 0 Å². The van der Waals surface area contributed by atoms with Crippen LogP contribution in [0.1, 0.15) is 21.5 Å². The summed E-state index contributed by atoms with van der Waals surface area (Å²) in [5, 5.41) is 0.858. The Morgan fingerprint density at radius 1 is 1.04 bits per heavy atom. The molecule has 0 saturated heterocycles. The molecule has 128 valence electrons. The van der Waals surface area contributed by atoms with Gasteiger partial charge in [0.1, 0.15) is 0 Å². The molecule has 3 nitrogen and oxygen atoms in total. The van der Waals surface area contributed by atoms with Crippen molar-refractivity contribution in [2.24, 2.45) is 0 Å². The number of rotatable bonds is 3. The fourth-order valence-electron chi connectivity index (χ4n) is 2.63. The van der Waals surface area contributed by atoms with Gasteiger partial charge >= 0.3 is 6.18 Å². The third kappa shape index (κ3) is 3.63. The summed E-state index contributed by atoms with van der Waals surface area (Å²) in [6.45, 7) is 0.209. The Balaban J connectivity index is 1.81. The van der Waals surface area contributed by atoms with Crippen molar-refractivity contribution in [3.8, 4) is 0 Å². The van der Waals surface area contributed by atoms with E-state index in [-0.39, 0.29) is 12.5 Å². The van der Waals surface area contributed by atoms with Crippen LogP contribution in [0.25, 0.3) is 10.9 Å². The van der Waals surface area contributed by atoms with Gasteiger partial charge in [0.15, 0.2) is 0 Å². The maximum atomic E-state index is 12.7. The lowest BCUT2D eigenvalue weighted by molar-refractivity contribution is -0.137. The zero-order valence-electron chi connectivity index (χ0n) is 13.4. The molecular formula is C19H15F3N2O. The predicted octanol–water partition coefficient (Wildman–Crippen LogP) is 4.53. The quantitative estimate of drug-likeness (QED) is 0.700. The average molecular weight is 344 g/mol.